The Labute approximate surface area is 408 Å². The molecule has 0 unspecified atom stereocenters. The van der Waals surface area contributed by atoms with Gasteiger partial charge in [0.25, 0.3) is 0 Å². The first-order valence-electron chi connectivity index (χ1n) is 23.3. The van der Waals surface area contributed by atoms with Crippen molar-refractivity contribution in [1.82, 2.24) is 15.0 Å². The minimum atomic E-state index is 0.573. The van der Waals surface area contributed by atoms with Crippen LogP contribution >= 0.6 is 22.7 Å². The minimum absolute atomic E-state index is 0.573. The maximum absolute atomic E-state index is 6.67. The van der Waals surface area contributed by atoms with E-state index < -0.39 is 0 Å². The highest BCUT2D eigenvalue weighted by Gasteiger charge is 2.21. The Morgan fingerprint density at radius 1 is 0.271 bits per heavy atom. The highest BCUT2D eigenvalue weighted by Crippen LogP contribution is 2.46. The topological polar surface area (TPSA) is 65.0 Å². The van der Waals surface area contributed by atoms with Crippen LogP contribution in [0.2, 0.25) is 0 Å². The summed E-state index contributed by atoms with van der Waals surface area (Å²) < 4.78 is 18.2. The van der Waals surface area contributed by atoms with E-state index in [4.69, 9.17) is 23.8 Å². The summed E-state index contributed by atoms with van der Waals surface area (Å²) >= 11 is 3.71. The second kappa shape index (κ2) is 15.4. The lowest BCUT2D eigenvalue weighted by Crippen LogP contribution is -2.00. The van der Waals surface area contributed by atoms with Crippen molar-refractivity contribution >= 4 is 107 Å². The van der Waals surface area contributed by atoms with Crippen LogP contribution in [-0.4, -0.2) is 15.0 Å². The molecule has 0 aliphatic rings. The predicted molar refractivity (Wildman–Crippen MR) is 293 cm³/mol. The summed E-state index contributed by atoms with van der Waals surface area (Å²) in [4.78, 5) is 15.6. The van der Waals surface area contributed by atoms with Gasteiger partial charge in [0.05, 0.1) is 0 Å². The molecule has 10 aromatic carbocycles. The van der Waals surface area contributed by atoms with Crippen LogP contribution < -0.4 is 0 Å². The van der Waals surface area contributed by atoms with E-state index in [1.54, 1.807) is 0 Å². The highest BCUT2D eigenvalue weighted by molar-refractivity contribution is 7.26. The molecule has 15 aromatic rings. The smallest absolute Gasteiger partial charge is 0.164 e. The lowest BCUT2D eigenvalue weighted by atomic mass is 9.93. The molecule has 0 saturated heterocycles. The maximum atomic E-state index is 6.67. The molecule has 5 aromatic heterocycles. The van der Waals surface area contributed by atoms with Gasteiger partial charge in [0.1, 0.15) is 22.3 Å². The first kappa shape index (κ1) is 39.3. The number of para-hydroxylation sites is 2. The van der Waals surface area contributed by atoms with Crippen molar-refractivity contribution in [2.75, 3.05) is 0 Å². The summed E-state index contributed by atoms with van der Waals surface area (Å²) in [6.07, 6.45) is 0. The molecular weight excluding hydrogens is 895 g/mol. The highest BCUT2D eigenvalue weighted by atomic mass is 32.1. The number of aromatic nitrogens is 3. The van der Waals surface area contributed by atoms with Crippen LogP contribution in [0, 0.1) is 0 Å². The summed E-state index contributed by atoms with van der Waals surface area (Å²) in [5.41, 5.74) is 12.8. The second-order valence-corrected chi connectivity index (χ2v) is 20.0. The van der Waals surface area contributed by atoms with E-state index in [1.807, 2.05) is 77.3 Å². The van der Waals surface area contributed by atoms with Gasteiger partial charge in [0, 0.05) is 84.1 Å². The van der Waals surface area contributed by atoms with Crippen LogP contribution in [0.25, 0.3) is 152 Å². The molecule has 5 heterocycles. The van der Waals surface area contributed by atoms with Crippen LogP contribution in [0.4, 0.5) is 0 Å². The average Bonchev–Trinajstić information content (AvgIpc) is 4.20. The maximum Gasteiger partial charge on any atom is 0.164 e. The van der Waals surface area contributed by atoms with Gasteiger partial charge in [-0.25, -0.2) is 15.0 Å². The number of nitrogens with zero attached hydrogens (tertiary/aromatic N) is 3. The van der Waals surface area contributed by atoms with Gasteiger partial charge in [-0.1, -0.05) is 158 Å². The van der Waals surface area contributed by atoms with Crippen molar-refractivity contribution in [1.29, 1.82) is 0 Å². The van der Waals surface area contributed by atoms with Crippen molar-refractivity contribution in [2.45, 2.75) is 0 Å². The van der Waals surface area contributed by atoms with Crippen LogP contribution in [0.3, 0.4) is 0 Å². The molecule has 0 N–H and O–H groups in total. The molecule has 5 nitrogen and oxygen atoms in total. The average molecular weight is 930 g/mol. The number of benzene rings is 10. The van der Waals surface area contributed by atoms with Gasteiger partial charge in [-0.3, -0.25) is 0 Å². The first-order valence-corrected chi connectivity index (χ1v) is 24.9. The third-order valence-corrected chi connectivity index (χ3v) is 16.0. The fraction of sp³-hybridized carbons (Fsp3) is 0. The summed E-state index contributed by atoms with van der Waals surface area (Å²) in [6, 6.07) is 75.0. The number of thiophene rings is 2. The fourth-order valence-corrected chi connectivity index (χ4v) is 12.8. The van der Waals surface area contributed by atoms with Crippen molar-refractivity contribution in [2.24, 2.45) is 0 Å². The SMILES string of the molecule is c1ccc(-c2nc(-c3ccc(-c4cccc5c4oc4ccccc45)cc3)nc(-c3cccc4oc5ccc(-c6cc(-c7ccc8c(c7)sc7ccccc78)cc7sc8ccccc8c67)cc5c34)n2)cc1. The second-order valence-electron chi connectivity index (χ2n) is 17.8. The molecule has 0 atom stereocenters. The molecule has 0 aliphatic carbocycles. The Balaban J connectivity index is 0.888. The van der Waals surface area contributed by atoms with Crippen LogP contribution in [0.1, 0.15) is 0 Å². The zero-order valence-electron chi connectivity index (χ0n) is 37.2. The van der Waals surface area contributed by atoms with Gasteiger partial charge in [0.15, 0.2) is 17.5 Å². The van der Waals surface area contributed by atoms with Crippen molar-refractivity contribution in [3.63, 3.8) is 0 Å². The first-order chi connectivity index (χ1) is 34.6. The van der Waals surface area contributed by atoms with Gasteiger partial charge in [-0.05, 0) is 82.4 Å². The molecule has 0 bridgehead atoms. The molecule has 0 radical (unpaired) electrons. The molecule has 0 aliphatic heterocycles. The summed E-state index contributed by atoms with van der Waals surface area (Å²) in [6.45, 7) is 0. The Kier molecular flexibility index (Phi) is 8.63. The molecular formula is C63H35N3O2S2. The summed E-state index contributed by atoms with van der Waals surface area (Å²) in [7, 11) is 0. The number of hydrogen-bond acceptors (Lipinski definition) is 7. The fourth-order valence-electron chi connectivity index (χ4n) is 10.5. The van der Waals surface area contributed by atoms with E-state index in [0.29, 0.717) is 17.5 Å². The summed E-state index contributed by atoms with van der Waals surface area (Å²) in [5, 5.41) is 9.29. The van der Waals surface area contributed by atoms with E-state index in [1.165, 1.54) is 57.0 Å². The van der Waals surface area contributed by atoms with Gasteiger partial charge in [0.2, 0.25) is 0 Å². The largest absolute Gasteiger partial charge is 0.456 e. The molecule has 0 saturated carbocycles. The van der Waals surface area contributed by atoms with E-state index in [9.17, 15) is 0 Å². The monoisotopic (exact) mass is 929 g/mol. The van der Waals surface area contributed by atoms with Crippen molar-refractivity contribution in [3.8, 4) is 67.5 Å². The van der Waals surface area contributed by atoms with Crippen LogP contribution in [0.5, 0.6) is 0 Å². The zero-order valence-corrected chi connectivity index (χ0v) is 38.8. The molecule has 0 spiro atoms. The molecule has 326 valence electrons. The third kappa shape index (κ3) is 6.19. The van der Waals surface area contributed by atoms with Gasteiger partial charge >= 0.3 is 0 Å². The Morgan fingerprint density at radius 3 is 1.71 bits per heavy atom. The van der Waals surface area contributed by atoms with E-state index >= 15 is 0 Å². The normalized spacial score (nSPS) is 12.0. The zero-order chi connectivity index (χ0) is 45.9. The standard InChI is InChI=1S/C63H35N3O2S2/c1-2-12-37(13-3-1)61-64-62(38-26-24-36(25-27-38)42-17-10-18-46-43-14-4-7-20-51(43)68-60(42)46)66-63(65-61)48-19-11-21-53-58(48)50-32-40(29-31-52(50)67-53)49-33-41(35-57-59(49)47-16-6-9-23-55(47)70-57)39-28-30-45-44-15-5-8-22-54(44)69-56(45)34-39/h1-35H. The van der Waals surface area contributed by atoms with E-state index in [0.717, 1.165) is 77.3 Å². The molecule has 0 amide bonds. The predicted octanol–water partition coefficient (Wildman–Crippen LogP) is 18.4. The lowest BCUT2D eigenvalue weighted by Gasteiger charge is -2.11. The summed E-state index contributed by atoms with van der Waals surface area (Å²) in [5.74, 6) is 1.75. The lowest BCUT2D eigenvalue weighted by molar-refractivity contribution is 0.669. The number of rotatable bonds is 6. The Hall–Kier alpha value is -8.75. The molecule has 70 heavy (non-hydrogen) atoms. The van der Waals surface area contributed by atoms with Crippen LogP contribution in [-0.2, 0) is 0 Å². The quantitative estimate of drug-likeness (QED) is 0.166. The van der Waals surface area contributed by atoms with Crippen LogP contribution in [0.15, 0.2) is 221 Å². The molecule has 0 fully saturated rings. The van der Waals surface area contributed by atoms with E-state index in [2.05, 4.69) is 158 Å². The number of hydrogen-bond donors (Lipinski definition) is 0. The van der Waals surface area contributed by atoms with Crippen molar-refractivity contribution in [3.05, 3.63) is 212 Å². The van der Waals surface area contributed by atoms with Crippen molar-refractivity contribution < 1.29 is 8.83 Å². The molecule has 15 rings (SSSR count). The molecule has 7 heteroatoms. The Bertz CT molecular complexity index is 4600. The Morgan fingerprint density at radius 2 is 0.857 bits per heavy atom. The van der Waals surface area contributed by atoms with Gasteiger partial charge in [-0.2, -0.15) is 0 Å². The van der Waals surface area contributed by atoms with Gasteiger partial charge in [-0.15, -0.1) is 22.7 Å². The number of fused-ring (bicyclic) bond motifs is 12. The van der Waals surface area contributed by atoms with E-state index in [-0.39, 0.29) is 0 Å². The number of furan rings is 2. The van der Waals surface area contributed by atoms with Gasteiger partial charge < -0.3 is 8.83 Å². The third-order valence-electron chi connectivity index (χ3n) is 13.8. The minimum Gasteiger partial charge on any atom is -0.456 e.